The molecule has 0 aliphatic carbocycles. The van der Waals surface area contributed by atoms with Gasteiger partial charge in [-0.3, -0.25) is 0 Å². The van der Waals surface area contributed by atoms with Crippen LogP contribution in [0.2, 0.25) is 0 Å². The van der Waals surface area contributed by atoms with Crippen LogP contribution in [0, 0.1) is 0 Å². The summed E-state index contributed by atoms with van der Waals surface area (Å²) in [5, 5.41) is 8.73. The number of hydrogen-bond donors (Lipinski definition) is 1. The Balaban J connectivity index is 3.87. The minimum Gasteiger partial charge on any atom is -0.478 e. The van der Waals surface area contributed by atoms with Gasteiger partial charge < -0.3 is 9.84 Å². The molecule has 0 fully saturated rings. The van der Waals surface area contributed by atoms with E-state index in [0.717, 1.165) is 37.8 Å². The van der Waals surface area contributed by atoms with Crippen molar-refractivity contribution in [3.05, 3.63) is 12.2 Å². The molecular weight excluding hydrogens is 448 g/mol. The number of aliphatic carboxylic acids is 1. The fourth-order valence-corrected chi connectivity index (χ4v) is 4.85. The minimum atomic E-state index is -1.12. The van der Waals surface area contributed by atoms with Crippen molar-refractivity contribution < 1.29 is 19.4 Å². The maximum absolute atomic E-state index is 12.0. The van der Waals surface area contributed by atoms with Crippen LogP contribution in [0.4, 0.5) is 0 Å². The van der Waals surface area contributed by atoms with Crippen molar-refractivity contribution >= 4 is 11.9 Å². The number of carbonyl (C=O) groups excluding carboxylic acids is 1. The minimum absolute atomic E-state index is 0.0852. The monoisotopic (exact) mass is 508 g/mol. The van der Waals surface area contributed by atoms with Crippen molar-refractivity contribution in [3.8, 4) is 0 Å². The van der Waals surface area contributed by atoms with Crippen molar-refractivity contribution in [1.82, 2.24) is 0 Å². The second-order valence-electron chi connectivity index (χ2n) is 10.7. The van der Waals surface area contributed by atoms with E-state index < -0.39 is 11.9 Å². The molecule has 0 saturated heterocycles. The summed E-state index contributed by atoms with van der Waals surface area (Å²) in [4.78, 5) is 22.6. The van der Waals surface area contributed by atoms with Crippen LogP contribution < -0.4 is 0 Å². The topological polar surface area (TPSA) is 63.6 Å². The Bertz CT molecular complexity index is 514. The lowest BCUT2D eigenvalue weighted by atomic mass is 10.0. The summed E-state index contributed by atoms with van der Waals surface area (Å²) in [5.41, 5.74) is 0. The van der Waals surface area contributed by atoms with E-state index in [-0.39, 0.29) is 6.10 Å². The molecule has 0 spiro atoms. The summed E-state index contributed by atoms with van der Waals surface area (Å²) in [6, 6.07) is 0. The molecule has 212 valence electrons. The van der Waals surface area contributed by atoms with Crippen LogP contribution in [0.5, 0.6) is 0 Å². The normalized spacial score (nSPS) is 12.3. The number of carboxylic acids is 1. The van der Waals surface area contributed by atoms with Crippen LogP contribution in [-0.4, -0.2) is 23.1 Å². The lowest BCUT2D eigenvalue weighted by molar-refractivity contribution is -0.144. The largest absolute Gasteiger partial charge is 0.478 e. The third-order valence-electron chi connectivity index (χ3n) is 7.15. The Labute approximate surface area is 224 Å². The van der Waals surface area contributed by atoms with E-state index in [1.807, 2.05) is 0 Å². The van der Waals surface area contributed by atoms with Gasteiger partial charge in [0.25, 0.3) is 0 Å². The van der Waals surface area contributed by atoms with Crippen LogP contribution >= 0.6 is 0 Å². The van der Waals surface area contributed by atoms with E-state index in [1.165, 1.54) is 135 Å². The lowest BCUT2D eigenvalue weighted by Crippen LogP contribution is -2.17. The van der Waals surface area contributed by atoms with Crippen LogP contribution in [0.3, 0.4) is 0 Å². The van der Waals surface area contributed by atoms with Gasteiger partial charge in [0.05, 0.1) is 0 Å². The van der Waals surface area contributed by atoms with E-state index in [2.05, 4.69) is 13.8 Å². The summed E-state index contributed by atoms with van der Waals surface area (Å²) in [5.74, 6) is -1.64. The first-order valence-corrected chi connectivity index (χ1v) is 15.7. The number of unbranched alkanes of at least 4 members (excludes halogenated alkanes) is 21. The molecule has 36 heavy (non-hydrogen) atoms. The van der Waals surface area contributed by atoms with E-state index in [0.29, 0.717) is 0 Å². The number of rotatable bonds is 28. The van der Waals surface area contributed by atoms with Gasteiger partial charge >= 0.3 is 11.9 Å². The summed E-state index contributed by atoms with van der Waals surface area (Å²) >= 11 is 0. The van der Waals surface area contributed by atoms with Gasteiger partial charge in [0, 0.05) is 12.2 Å². The predicted molar refractivity (Wildman–Crippen MR) is 153 cm³/mol. The zero-order valence-corrected chi connectivity index (χ0v) is 24.1. The number of esters is 1. The Morgan fingerprint density at radius 3 is 1.14 bits per heavy atom. The molecule has 0 rings (SSSR count). The third kappa shape index (κ3) is 27.3. The highest BCUT2D eigenvalue weighted by molar-refractivity contribution is 5.90. The Morgan fingerprint density at radius 1 is 0.528 bits per heavy atom. The van der Waals surface area contributed by atoms with Crippen molar-refractivity contribution in [2.45, 2.75) is 180 Å². The highest BCUT2D eigenvalue weighted by atomic mass is 16.5. The van der Waals surface area contributed by atoms with Gasteiger partial charge in [-0.1, -0.05) is 149 Å². The highest BCUT2D eigenvalue weighted by Gasteiger charge is 2.13. The van der Waals surface area contributed by atoms with Gasteiger partial charge in [-0.15, -0.1) is 0 Å². The molecule has 1 N–H and O–H groups in total. The van der Waals surface area contributed by atoms with E-state index in [1.54, 1.807) is 0 Å². The number of hydrogen-bond acceptors (Lipinski definition) is 3. The molecule has 0 aliphatic heterocycles. The average molecular weight is 509 g/mol. The summed E-state index contributed by atoms with van der Waals surface area (Å²) < 4.78 is 5.59. The van der Waals surface area contributed by atoms with Crippen LogP contribution in [0.15, 0.2) is 12.2 Å². The zero-order chi connectivity index (χ0) is 26.5. The quantitative estimate of drug-likeness (QED) is 0.0648. The fraction of sp³-hybridized carbons (Fsp3) is 0.875. The average Bonchev–Trinajstić information content (AvgIpc) is 2.86. The second-order valence-corrected chi connectivity index (χ2v) is 10.7. The van der Waals surface area contributed by atoms with Crippen LogP contribution in [0.1, 0.15) is 174 Å². The first-order valence-electron chi connectivity index (χ1n) is 15.7. The molecule has 4 nitrogen and oxygen atoms in total. The third-order valence-corrected chi connectivity index (χ3v) is 7.15. The second kappa shape index (κ2) is 28.3. The summed E-state index contributed by atoms with van der Waals surface area (Å²) in [6.07, 6.45) is 33.8. The van der Waals surface area contributed by atoms with Crippen molar-refractivity contribution in [1.29, 1.82) is 0 Å². The molecule has 0 aromatic heterocycles. The first-order chi connectivity index (χ1) is 17.6. The van der Waals surface area contributed by atoms with E-state index in [4.69, 9.17) is 9.84 Å². The van der Waals surface area contributed by atoms with Crippen LogP contribution in [0.25, 0.3) is 0 Å². The number of ether oxygens (including phenoxy) is 1. The van der Waals surface area contributed by atoms with Crippen molar-refractivity contribution in [2.24, 2.45) is 0 Å². The maximum Gasteiger partial charge on any atom is 0.331 e. The molecule has 0 bridgehead atoms. The summed E-state index contributed by atoms with van der Waals surface area (Å²) in [6.45, 7) is 4.52. The SMILES string of the molecule is CCCCCCCCCCCCCCCCCC(CCCCCCCCCC)OC(=O)/C=C/C(=O)O. The lowest BCUT2D eigenvalue weighted by Gasteiger charge is -2.17. The van der Waals surface area contributed by atoms with Gasteiger partial charge in [-0.2, -0.15) is 0 Å². The summed E-state index contributed by atoms with van der Waals surface area (Å²) in [7, 11) is 0. The number of carboxylic acid groups (broad SMARTS) is 1. The molecule has 1 atom stereocenters. The molecule has 0 radical (unpaired) electrons. The van der Waals surface area contributed by atoms with Crippen molar-refractivity contribution in [3.63, 3.8) is 0 Å². The molecular formula is C32H60O4. The molecule has 0 saturated carbocycles. The Kier molecular flexibility index (Phi) is 27.2. The smallest absolute Gasteiger partial charge is 0.331 e. The Morgan fingerprint density at radius 2 is 0.833 bits per heavy atom. The van der Waals surface area contributed by atoms with E-state index in [9.17, 15) is 9.59 Å². The van der Waals surface area contributed by atoms with Gasteiger partial charge in [-0.25, -0.2) is 9.59 Å². The molecule has 0 aromatic rings. The van der Waals surface area contributed by atoms with Gasteiger partial charge in [0.1, 0.15) is 6.10 Å². The molecule has 0 aliphatic rings. The molecule has 0 heterocycles. The van der Waals surface area contributed by atoms with Gasteiger partial charge in [-0.05, 0) is 25.7 Å². The highest BCUT2D eigenvalue weighted by Crippen LogP contribution is 2.18. The first kappa shape index (κ1) is 34.7. The van der Waals surface area contributed by atoms with E-state index >= 15 is 0 Å². The van der Waals surface area contributed by atoms with Crippen molar-refractivity contribution in [2.75, 3.05) is 0 Å². The van der Waals surface area contributed by atoms with Crippen LogP contribution in [-0.2, 0) is 14.3 Å². The van der Waals surface area contributed by atoms with Gasteiger partial charge in [0.2, 0.25) is 0 Å². The molecule has 0 amide bonds. The predicted octanol–water partition coefficient (Wildman–Crippen LogP) is 10.3. The molecule has 4 heteroatoms. The molecule has 1 unspecified atom stereocenters. The molecule has 0 aromatic carbocycles. The maximum atomic E-state index is 12.0. The standard InChI is InChI=1S/C32H60O4/c1-3-5-7-9-11-13-14-15-16-17-18-19-21-23-25-27-30(36-32(35)29-28-31(33)34)26-24-22-20-12-10-8-6-4-2/h28-30H,3-27H2,1-2H3,(H,33,34)/b29-28+. The van der Waals surface area contributed by atoms with Gasteiger partial charge in [0.15, 0.2) is 0 Å². The fourth-order valence-electron chi connectivity index (χ4n) is 4.85. The zero-order valence-electron chi connectivity index (χ0n) is 24.1. The number of carbonyl (C=O) groups is 2. The Hall–Kier alpha value is -1.32.